The van der Waals surface area contributed by atoms with Crippen molar-refractivity contribution in [2.75, 3.05) is 11.9 Å². The minimum Gasteiger partial charge on any atom is -0.474 e. The zero-order valence-electron chi connectivity index (χ0n) is 9.25. The van der Waals surface area contributed by atoms with E-state index >= 15 is 0 Å². The van der Waals surface area contributed by atoms with Crippen molar-refractivity contribution in [1.82, 2.24) is 9.97 Å². The van der Waals surface area contributed by atoms with Gasteiger partial charge in [-0.15, -0.1) is 0 Å². The highest BCUT2D eigenvalue weighted by molar-refractivity contribution is 9.10. The molecule has 4 nitrogen and oxygen atoms in total. The first-order valence-corrected chi connectivity index (χ1v) is 5.89. The minimum atomic E-state index is 0.158. The van der Waals surface area contributed by atoms with E-state index in [0.717, 1.165) is 23.3 Å². The highest BCUT2D eigenvalue weighted by Gasteiger charge is 2.11. The summed E-state index contributed by atoms with van der Waals surface area (Å²) >= 11 is 3.43. The lowest BCUT2D eigenvalue weighted by Crippen LogP contribution is -2.12. The van der Waals surface area contributed by atoms with Gasteiger partial charge in [-0.3, -0.25) is 0 Å². The molecule has 0 aromatic carbocycles. The number of nitrogens with zero attached hydrogens (tertiary/aromatic N) is 2. The Balaban J connectivity index is 2.84. The summed E-state index contributed by atoms with van der Waals surface area (Å²) in [5.41, 5.74) is 0. The first kappa shape index (κ1) is 12.2. The van der Waals surface area contributed by atoms with Crippen molar-refractivity contribution >= 4 is 21.7 Å². The van der Waals surface area contributed by atoms with Crippen LogP contribution < -0.4 is 10.1 Å². The molecule has 0 radical (unpaired) electrons. The standard InChI is InChI=1S/C10H16BrN3O/c1-4-7(3)15-10-8(11)9(12-5-2)13-6-14-10/h6-7H,4-5H2,1-3H3,(H,12,13,14). The van der Waals surface area contributed by atoms with Gasteiger partial charge in [0.05, 0.1) is 6.10 Å². The second kappa shape index (κ2) is 5.90. The van der Waals surface area contributed by atoms with Crippen molar-refractivity contribution in [3.63, 3.8) is 0 Å². The van der Waals surface area contributed by atoms with Gasteiger partial charge in [-0.05, 0) is 36.2 Å². The van der Waals surface area contributed by atoms with Gasteiger partial charge in [0.2, 0.25) is 5.88 Å². The van der Waals surface area contributed by atoms with Crippen molar-refractivity contribution < 1.29 is 4.74 Å². The maximum absolute atomic E-state index is 5.64. The van der Waals surface area contributed by atoms with Crippen LogP contribution in [0.4, 0.5) is 5.82 Å². The van der Waals surface area contributed by atoms with Crippen LogP contribution in [0, 0.1) is 0 Å². The van der Waals surface area contributed by atoms with E-state index in [1.54, 1.807) is 0 Å². The third-order valence-electron chi connectivity index (χ3n) is 1.99. The molecule has 0 aliphatic rings. The minimum absolute atomic E-state index is 0.158. The first-order chi connectivity index (χ1) is 7.19. The number of aromatic nitrogens is 2. The molecule has 0 fully saturated rings. The van der Waals surface area contributed by atoms with E-state index in [0.29, 0.717) is 5.88 Å². The predicted molar refractivity (Wildman–Crippen MR) is 64.3 cm³/mol. The van der Waals surface area contributed by atoms with Crippen molar-refractivity contribution in [2.45, 2.75) is 33.3 Å². The van der Waals surface area contributed by atoms with Crippen molar-refractivity contribution in [3.8, 4) is 5.88 Å². The lowest BCUT2D eigenvalue weighted by atomic mass is 10.3. The molecular formula is C10H16BrN3O. The Bertz CT molecular complexity index is 320. The Labute approximate surface area is 98.6 Å². The number of hydrogen-bond acceptors (Lipinski definition) is 4. The summed E-state index contributed by atoms with van der Waals surface area (Å²) in [4.78, 5) is 8.20. The molecule has 1 unspecified atom stereocenters. The highest BCUT2D eigenvalue weighted by Crippen LogP contribution is 2.29. The molecule has 1 rings (SSSR count). The van der Waals surface area contributed by atoms with E-state index in [4.69, 9.17) is 4.74 Å². The fourth-order valence-corrected chi connectivity index (χ4v) is 1.44. The molecule has 1 heterocycles. The van der Waals surface area contributed by atoms with Gasteiger partial charge in [-0.1, -0.05) is 6.92 Å². The SMILES string of the molecule is CCNc1ncnc(OC(C)CC)c1Br. The van der Waals surface area contributed by atoms with Crippen LogP contribution in [-0.2, 0) is 0 Å². The molecular weight excluding hydrogens is 258 g/mol. The summed E-state index contributed by atoms with van der Waals surface area (Å²) in [6, 6.07) is 0. The number of ether oxygens (including phenoxy) is 1. The van der Waals surface area contributed by atoms with E-state index in [9.17, 15) is 0 Å². The number of halogens is 1. The highest BCUT2D eigenvalue weighted by atomic mass is 79.9. The molecule has 1 aromatic heterocycles. The average Bonchev–Trinajstić information content (AvgIpc) is 2.24. The third kappa shape index (κ3) is 3.34. The molecule has 1 aromatic rings. The van der Waals surface area contributed by atoms with E-state index < -0.39 is 0 Å². The zero-order valence-corrected chi connectivity index (χ0v) is 10.8. The molecule has 5 heteroatoms. The molecule has 1 atom stereocenters. The van der Waals surface area contributed by atoms with Crippen LogP contribution in [0.2, 0.25) is 0 Å². The van der Waals surface area contributed by atoms with E-state index in [1.165, 1.54) is 6.33 Å². The molecule has 0 bridgehead atoms. The number of anilines is 1. The molecule has 1 N–H and O–H groups in total. The van der Waals surface area contributed by atoms with Crippen LogP contribution in [0.25, 0.3) is 0 Å². The molecule has 0 aliphatic heterocycles. The monoisotopic (exact) mass is 273 g/mol. The maximum Gasteiger partial charge on any atom is 0.233 e. The van der Waals surface area contributed by atoms with Crippen molar-refractivity contribution in [1.29, 1.82) is 0 Å². The molecule has 0 saturated heterocycles. The lowest BCUT2D eigenvalue weighted by molar-refractivity contribution is 0.207. The smallest absolute Gasteiger partial charge is 0.233 e. The molecule has 84 valence electrons. The Kier molecular flexibility index (Phi) is 4.81. The maximum atomic E-state index is 5.64. The first-order valence-electron chi connectivity index (χ1n) is 5.10. The number of rotatable bonds is 5. The molecule has 0 aliphatic carbocycles. The summed E-state index contributed by atoms with van der Waals surface area (Å²) in [5, 5.41) is 3.13. The van der Waals surface area contributed by atoms with E-state index in [-0.39, 0.29) is 6.10 Å². The normalized spacial score (nSPS) is 12.3. The quantitative estimate of drug-likeness (QED) is 0.896. The average molecular weight is 274 g/mol. The summed E-state index contributed by atoms with van der Waals surface area (Å²) < 4.78 is 6.43. The number of nitrogens with one attached hydrogen (secondary N) is 1. The van der Waals surface area contributed by atoms with Crippen molar-refractivity contribution in [3.05, 3.63) is 10.8 Å². The van der Waals surface area contributed by atoms with Gasteiger partial charge in [-0.25, -0.2) is 9.97 Å². The Morgan fingerprint density at radius 2 is 2.20 bits per heavy atom. The van der Waals surface area contributed by atoms with Gasteiger partial charge in [0.25, 0.3) is 0 Å². The topological polar surface area (TPSA) is 47.0 Å². The Hall–Kier alpha value is -0.840. The zero-order chi connectivity index (χ0) is 11.3. The van der Waals surface area contributed by atoms with E-state index in [2.05, 4.69) is 38.1 Å². The van der Waals surface area contributed by atoms with Gasteiger partial charge in [0.15, 0.2) is 0 Å². The second-order valence-electron chi connectivity index (χ2n) is 3.21. The Morgan fingerprint density at radius 1 is 1.47 bits per heavy atom. The van der Waals surface area contributed by atoms with Gasteiger partial charge in [-0.2, -0.15) is 0 Å². The lowest BCUT2D eigenvalue weighted by Gasteiger charge is -2.14. The predicted octanol–water partition coefficient (Wildman–Crippen LogP) is 2.85. The van der Waals surface area contributed by atoms with Gasteiger partial charge >= 0.3 is 0 Å². The molecule has 0 saturated carbocycles. The van der Waals surface area contributed by atoms with Gasteiger partial charge in [0, 0.05) is 6.54 Å². The van der Waals surface area contributed by atoms with Crippen LogP contribution in [0.5, 0.6) is 5.88 Å². The molecule has 15 heavy (non-hydrogen) atoms. The molecule has 0 spiro atoms. The molecule has 0 amide bonds. The third-order valence-corrected chi connectivity index (χ3v) is 2.70. The van der Waals surface area contributed by atoms with Crippen LogP contribution in [0.15, 0.2) is 10.8 Å². The van der Waals surface area contributed by atoms with Crippen LogP contribution >= 0.6 is 15.9 Å². The van der Waals surface area contributed by atoms with Gasteiger partial charge in [0.1, 0.15) is 16.6 Å². The van der Waals surface area contributed by atoms with E-state index in [1.807, 2.05) is 13.8 Å². The summed E-state index contributed by atoms with van der Waals surface area (Å²) in [5.74, 6) is 1.36. The second-order valence-corrected chi connectivity index (χ2v) is 4.00. The number of hydrogen-bond donors (Lipinski definition) is 1. The fourth-order valence-electron chi connectivity index (χ4n) is 1.00. The summed E-state index contributed by atoms with van der Waals surface area (Å²) in [6.07, 6.45) is 2.61. The van der Waals surface area contributed by atoms with Crippen molar-refractivity contribution in [2.24, 2.45) is 0 Å². The fraction of sp³-hybridized carbons (Fsp3) is 0.600. The Morgan fingerprint density at radius 3 is 2.80 bits per heavy atom. The van der Waals surface area contributed by atoms with Crippen LogP contribution in [0.3, 0.4) is 0 Å². The van der Waals surface area contributed by atoms with Crippen LogP contribution in [0.1, 0.15) is 27.2 Å². The van der Waals surface area contributed by atoms with Crippen LogP contribution in [-0.4, -0.2) is 22.6 Å². The summed E-state index contributed by atoms with van der Waals surface area (Å²) in [6.45, 7) is 6.93. The largest absolute Gasteiger partial charge is 0.474 e. The summed E-state index contributed by atoms with van der Waals surface area (Å²) in [7, 11) is 0. The van der Waals surface area contributed by atoms with Gasteiger partial charge < -0.3 is 10.1 Å².